The van der Waals surface area contributed by atoms with Crippen LogP contribution in [-0.4, -0.2) is 22.9 Å². The number of rotatable bonds is 2. The van der Waals surface area contributed by atoms with Crippen LogP contribution in [0.4, 0.5) is 0 Å². The summed E-state index contributed by atoms with van der Waals surface area (Å²) in [5, 5.41) is 6.45. The van der Waals surface area contributed by atoms with E-state index in [-0.39, 0.29) is 5.56 Å². The molecule has 5 heteroatoms. The molecule has 1 atom stereocenters. The second-order valence-electron chi connectivity index (χ2n) is 4.34. The smallest absolute Gasteiger partial charge is 0.272 e. The molecular formula is C10H15N3O2. The van der Waals surface area contributed by atoms with E-state index in [2.05, 4.69) is 10.4 Å². The molecule has 1 fully saturated rings. The molecule has 0 bridgehead atoms. The van der Waals surface area contributed by atoms with E-state index in [0.29, 0.717) is 19.1 Å². The monoisotopic (exact) mass is 209 g/mol. The molecule has 2 aliphatic heterocycles. The van der Waals surface area contributed by atoms with Crippen LogP contribution in [0.3, 0.4) is 0 Å². The maximum Gasteiger partial charge on any atom is 0.272 e. The van der Waals surface area contributed by atoms with Gasteiger partial charge < -0.3 is 10.1 Å². The van der Waals surface area contributed by atoms with Crippen molar-refractivity contribution >= 4 is 0 Å². The zero-order valence-electron chi connectivity index (χ0n) is 8.58. The third-order valence-corrected chi connectivity index (χ3v) is 3.23. The van der Waals surface area contributed by atoms with E-state index >= 15 is 0 Å². The molecule has 0 radical (unpaired) electrons. The molecule has 3 heterocycles. The molecule has 3 rings (SSSR count). The van der Waals surface area contributed by atoms with Crippen LogP contribution in [0.15, 0.2) is 4.79 Å². The zero-order valence-corrected chi connectivity index (χ0v) is 8.58. The number of hydrogen-bond acceptors (Lipinski definition) is 3. The SMILES string of the molecule is O=c1c2c([nH]n1CC1CCNC1)COC2. The second kappa shape index (κ2) is 3.50. The Morgan fingerprint density at radius 2 is 2.40 bits per heavy atom. The molecular weight excluding hydrogens is 194 g/mol. The van der Waals surface area contributed by atoms with Gasteiger partial charge in [-0.2, -0.15) is 0 Å². The predicted molar refractivity (Wildman–Crippen MR) is 54.5 cm³/mol. The Kier molecular flexibility index (Phi) is 2.14. The quantitative estimate of drug-likeness (QED) is 0.710. The first-order valence-electron chi connectivity index (χ1n) is 5.43. The summed E-state index contributed by atoms with van der Waals surface area (Å²) >= 11 is 0. The lowest BCUT2D eigenvalue weighted by Crippen LogP contribution is -2.24. The van der Waals surface area contributed by atoms with Crippen LogP contribution < -0.4 is 10.9 Å². The van der Waals surface area contributed by atoms with Crippen LogP contribution in [0.25, 0.3) is 0 Å². The van der Waals surface area contributed by atoms with Crippen LogP contribution in [0.1, 0.15) is 17.7 Å². The third-order valence-electron chi connectivity index (χ3n) is 3.23. The van der Waals surface area contributed by atoms with Gasteiger partial charge in [-0.1, -0.05) is 0 Å². The van der Waals surface area contributed by atoms with E-state index in [1.54, 1.807) is 4.68 Å². The average Bonchev–Trinajstić information content (AvgIpc) is 2.89. The number of nitrogens with zero attached hydrogens (tertiary/aromatic N) is 1. The van der Waals surface area contributed by atoms with Crippen molar-refractivity contribution < 1.29 is 4.74 Å². The van der Waals surface area contributed by atoms with E-state index in [4.69, 9.17) is 4.74 Å². The number of ether oxygens (including phenoxy) is 1. The summed E-state index contributed by atoms with van der Waals surface area (Å²) in [6.45, 7) is 3.93. The Labute approximate surface area is 87.4 Å². The van der Waals surface area contributed by atoms with Gasteiger partial charge in [-0.25, -0.2) is 0 Å². The fourth-order valence-corrected chi connectivity index (χ4v) is 2.35. The molecule has 15 heavy (non-hydrogen) atoms. The summed E-state index contributed by atoms with van der Waals surface area (Å²) in [5.74, 6) is 0.586. The minimum atomic E-state index is 0.106. The lowest BCUT2D eigenvalue weighted by atomic mass is 10.1. The number of H-pyrrole nitrogens is 1. The number of nitrogens with one attached hydrogen (secondary N) is 2. The predicted octanol–water partition coefficient (Wildman–Crippen LogP) is -0.184. The molecule has 1 aromatic rings. The number of aromatic amines is 1. The lowest BCUT2D eigenvalue weighted by Gasteiger charge is -2.08. The van der Waals surface area contributed by atoms with E-state index in [9.17, 15) is 4.79 Å². The highest BCUT2D eigenvalue weighted by Crippen LogP contribution is 2.15. The van der Waals surface area contributed by atoms with E-state index in [0.717, 1.165) is 37.3 Å². The number of aromatic nitrogens is 2. The van der Waals surface area contributed by atoms with Gasteiger partial charge in [0.1, 0.15) is 0 Å². The number of fused-ring (bicyclic) bond motifs is 1. The van der Waals surface area contributed by atoms with Crippen molar-refractivity contribution in [3.63, 3.8) is 0 Å². The fourth-order valence-electron chi connectivity index (χ4n) is 2.35. The van der Waals surface area contributed by atoms with Gasteiger partial charge in [0.2, 0.25) is 0 Å². The van der Waals surface area contributed by atoms with Gasteiger partial charge in [0.05, 0.1) is 24.5 Å². The first-order chi connectivity index (χ1) is 7.34. The van der Waals surface area contributed by atoms with Crippen LogP contribution in [0, 0.1) is 5.92 Å². The molecule has 5 nitrogen and oxygen atoms in total. The van der Waals surface area contributed by atoms with Gasteiger partial charge in [0, 0.05) is 6.54 Å². The summed E-state index contributed by atoms with van der Waals surface area (Å²) in [7, 11) is 0. The van der Waals surface area contributed by atoms with Gasteiger partial charge in [-0.05, 0) is 25.4 Å². The van der Waals surface area contributed by atoms with Crippen molar-refractivity contribution in [2.75, 3.05) is 13.1 Å². The Bertz CT molecular complexity index is 415. The number of hydrogen-bond donors (Lipinski definition) is 2. The van der Waals surface area contributed by atoms with E-state index < -0.39 is 0 Å². The Hall–Kier alpha value is -1.07. The molecule has 0 amide bonds. The molecule has 1 aromatic heterocycles. The Balaban J connectivity index is 1.83. The maximum atomic E-state index is 11.9. The molecule has 0 aliphatic carbocycles. The van der Waals surface area contributed by atoms with Gasteiger partial charge in [0.15, 0.2) is 0 Å². The zero-order chi connectivity index (χ0) is 10.3. The second-order valence-corrected chi connectivity index (χ2v) is 4.34. The van der Waals surface area contributed by atoms with Crippen LogP contribution in [-0.2, 0) is 24.5 Å². The summed E-state index contributed by atoms with van der Waals surface area (Å²) in [6.07, 6.45) is 1.16. The Morgan fingerprint density at radius 1 is 1.47 bits per heavy atom. The Morgan fingerprint density at radius 3 is 3.13 bits per heavy atom. The van der Waals surface area contributed by atoms with Crippen LogP contribution in [0.5, 0.6) is 0 Å². The first kappa shape index (κ1) is 9.18. The summed E-state index contributed by atoms with van der Waals surface area (Å²) < 4.78 is 6.94. The van der Waals surface area contributed by atoms with Crippen molar-refractivity contribution in [1.82, 2.24) is 15.1 Å². The van der Waals surface area contributed by atoms with Gasteiger partial charge in [-0.15, -0.1) is 0 Å². The van der Waals surface area contributed by atoms with Gasteiger partial charge >= 0.3 is 0 Å². The highest BCUT2D eigenvalue weighted by atomic mass is 16.5. The normalized spacial score (nSPS) is 24.7. The molecule has 1 unspecified atom stereocenters. The van der Waals surface area contributed by atoms with Crippen molar-refractivity contribution in [3.8, 4) is 0 Å². The minimum Gasteiger partial charge on any atom is -0.370 e. The molecule has 2 N–H and O–H groups in total. The van der Waals surface area contributed by atoms with Gasteiger partial charge in [0.25, 0.3) is 5.56 Å². The van der Waals surface area contributed by atoms with Crippen molar-refractivity contribution in [1.29, 1.82) is 0 Å². The standard InChI is InChI=1S/C10H15N3O2/c14-10-8-5-15-6-9(8)12-13(10)4-7-1-2-11-3-7/h7,11-12H,1-6H2. The minimum absolute atomic E-state index is 0.106. The van der Waals surface area contributed by atoms with Crippen LogP contribution in [0.2, 0.25) is 0 Å². The fraction of sp³-hybridized carbons (Fsp3) is 0.700. The third kappa shape index (κ3) is 1.52. The molecule has 0 spiro atoms. The highest BCUT2D eigenvalue weighted by Gasteiger charge is 2.22. The largest absolute Gasteiger partial charge is 0.370 e. The highest BCUT2D eigenvalue weighted by molar-refractivity contribution is 5.18. The van der Waals surface area contributed by atoms with E-state index in [1.807, 2.05) is 0 Å². The van der Waals surface area contributed by atoms with Crippen LogP contribution >= 0.6 is 0 Å². The van der Waals surface area contributed by atoms with Crippen molar-refractivity contribution in [2.24, 2.45) is 5.92 Å². The van der Waals surface area contributed by atoms with E-state index in [1.165, 1.54) is 0 Å². The summed E-state index contributed by atoms with van der Waals surface area (Å²) in [4.78, 5) is 11.9. The molecule has 82 valence electrons. The summed E-state index contributed by atoms with van der Waals surface area (Å²) in [6, 6.07) is 0. The summed E-state index contributed by atoms with van der Waals surface area (Å²) in [5.41, 5.74) is 1.89. The average molecular weight is 209 g/mol. The maximum absolute atomic E-state index is 11.9. The first-order valence-corrected chi connectivity index (χ1v) is 5.43. The van der Waals surface area contributed by atoms with Gasteiger partial charge in [-0.3, -0.25) is 14.6 Å². The molecule has 0 aromatic carbocycles. The lowest BCUT2D eigenvalue weighted by molar-refractivity contribution is 0.129. The molecule has 1 saturated heterocycles. The molecule has 0 saturated carbocycles. The topological polar surface area (TPSA) is 59.0 Å². The van der Waals surface area contributed by atoms with Crippen molar-refractivity contribution in [2.45, 2.75) is 26.2 Å². The van der Waals surface area contributed by atoms with Crippen molar-refractivity contribution in [3.05, 3.63) is 21.6 Å². The molecule has 2 aliphatic rings.